The zero-order valence-electron chi connectivity index (χ0n) is 12.8. The first-order valence-electron chi connectivity index (χ1n) is 7.45. The number of nitrogens with one attached hydrogen (secondary N) is 1. The first-order chi connectivity index (χ1) is 11.1. The highest BCUT2D eigenvalue weighted by molar-refractivity contribution is 5.92. The third-order valence-electron chi connectivity index (χ3n) is 3.76. The van der Waals surface area contributed by atoms with Crippen molar-refractivity contribution in [2.45, 2.75) is 12.8 Å². The fourth-order valence-corrected chi connectivity index (χ4v) is 2.44. The second-order valence-electron chi connectivity index (χ2n) is 5.32. The molecule has 0 saturated heterocycles. The first kappa shape index (κ1) is 15.0. The summed E-state index contributed by atoms with van der Waals surface area (Å²) in [5.74, 6) is 0.510. The lowest BCUT2D eigenvalue weighted by Crippen LogP contribution is -2.26. The smallest absolute Gasteiger partial charge is 0.258 e. The molecule has 0 aliphatic rings. The van der Waals surface area contributed by atoms with Gasteiger partial charge in [-0.25, -0.2) is 4.98 Å². The molecule has 0 aliphatic heterocycles. The van der Waals surface area contributed by atoms with E-state index in [1.165, 1.54) is 0 Å². The van der Waals surface area contributed by atoms with Gasteiger partial charge in [0.2, 0.25) is 5.91 Å². The number of fused-ring (bicyclic) bond motifs is 1. The van der Waals surface area contributed by atoms with Crippen molar-refractivity contribution in [3.8, 4) is 0 Å². The average molecular weight is 307 g/mol. The maximum Gasteiger partial charge on any atom is 0.258 e. The number of rotatable bonds is 4. The molecule has 1 aromatic heterocycles. The average Bonchev–Trinajstić information content (AvgIpc) is 2.60. The van der Waals surface area contributed by atoms with Crippen LogP contribution >= 0.6 is 0 Å². The molecule has 0 radical (unpaired) electrons. The second-order valence-corrected chi connectivity index (χ2v) is 5.32. The molecule has 0 aliphatic carbocycles. The molecule has 0 saturated carbocycles. The van der Waals surface area contributed by atoms with E-state index in [0.29, 0.717) is 23.1 Å². The number of hydrogen-bond donors (Lipinski definition) is 1. The van der Waals surface area contributed by atoms with E-state index in [9.17, 15) is 9.59 Å². The number of para-hydroxylation sites is 2. The fraction of sp³-hybridized carbons (Fsp3) is 0.167. The number of amides is 1. The van der Waals surface area contributed by atoms with Crippen molar-refractivity contribution in [2.24, 2.45) is 0 Å². The molecule has 3 aromatic rings. The van der Waals surface area contributed by atoms with Gasteiger partial charge in [0.25, 0.3) is 5.56 Å². The van der Waals surface area contributed by atoms with Crippen LogP contribution in [-0.2, 0) is 11.2 Å². The lowest BCUT2D eigenvalue weighted by Gasteiger charge is -2.17. The van der Waals surface area contributed by atoms with E-state index in [-0.39, 0.29) is 17.9 Å². The van der Waals surface area contributed by atoms with Gasteiger partial charge in [-0.1, -0.05) is 30.3 Å². The van der Waals surface area contributed by atoms with Gasteiger partial charge in [-0.05, 0) is 24.3 Å². The van der Waals surface area contributed by atoms with Crippen LogP contribution in [0.15, 0.2) is 59.4 Å². The molecule has 0 atom stereocenters. The quantitative estimate of drug-likeness (QED) is 0.805. The minimum Gasteiger partial charge on any atom is -0.315 e. The minimum atomic E-state index is -0.172. The summed E-state index contributed by atoms with van der Waals surface area (Å²) >= 11 is 0. The number of nitrogens with zero attached hydrogens (tertiary/aromatic N) is 2. The molecule has 0 spiro atoms. The maximum absolute atomic E-state index is 12.3. The monoisotopic (exact) mass is 307 g/mol. The zero-order chi connectivity index (χ0) is 16.2. The third kappa shape index (κ3) is 3.29. The van der Waals surface area contributed by atoms with Crippen LogP contribution in [0.5, 0.6) is 0 Å². The van der Waals surface area contributed by atoms with E-state index >= 15 is 0 Å². The van der Waals surface area contributed by atoms with Crippen LogP contribution in [0.2, 0.25) is 0 Å². The Balaban J connectivity index is 1.73. The second kappa shape index (κ2) is 6.44. The summed E-state index contributed by atoms with van der Waals surface area (Å²) in [5, 5.41) is 0.559. The van der Waals surface area contributed by atoms with Crippen LogP contribution in [0.3, 0.4) is 0 Å². The van der Waals surface area contributed by atoms with Gasteiger partial charge < -0.3 is 9.88 Å². The molecule has 0 fully saturated rings. The van der Waals surface area contributed by atoms with Crippen molar-refractivity contribution in [2.75, 3.05) is 11.9 Å². The van der Waals surface area contributed by atoms with Crippen LogP contribution in [-0.4, -0.2) is 22.9 Å². The predicted molar refractivity (Wildman–Crippen MR) is 90.5 cm³/mol. The van der Waals surface area contributed by atoms with Crippen molar-refractivity contribution in [3.63, 3.8) is 0 Å². The molecule has 2 aromatic carbocycles. The zero-order valence-corrected chi connectivity index (χ0v) is 12.8. The lowest BCUT2D eigenvalue weighted by atomic mass is 10.2. The summed E-state index contributed by atoms with van der Waals surface area (Å²) in [7, 11) is 1.74. The molecule has 0 bridgehead atoms. The van der Waals surface area contributed by atoms with Crippen molar-refractivity contribution in [1.29, 1.82) is 0 Å². The number of carbonyl (C=O) groups excluding carboxylic acids is 1. The standard InChI is InChI=1S/C18H17N3O2/c1-21(13-7-3-2-4-8-13)17(22)12-11-16-19-15-10-6-5-9-14(15)18(23)20-16/h2-10H,11-12H2,1H3,(H,19,20,23). The topological polar surface area (TPSA) is 66.1 Å². The summed E-state index contributed by atoms with van der Waals surface area (Å²) in [6.07, 6.45) is 0.683. The molecular formula is C18H17N3O2. The van der Waals surface area contributed by atoms with Crippen LogP contribution in [0.25, 0.3) is 10.9 Å². The number of carbonyl (C=O) groups is 1. The van der Waals surface area contributed by atoms with Crippen LogP contribution in [0, 0.1) is 0 Å². The number of aromatic nitrogens is 2. The molecule has 1 N–H and O–H groups in total. The number of aromatic amines is 1. The Kier molecular flexibility index (Phi) is 4.19. The normalized spacial score (nSPS) is 10.7. The Hall–Kier alpha value is -2.95. The van der Waals surface area contributed by atoms with Crippen molar-refractivity contribution in [1.82, 2.24) is 9.97 Å². The summed E-state index contributed by atoms with van der Waals surface area (Å²) in [4.78, 5) is 33.1. The van der Waals surface area contributed by atoms with Crippen LogP contribution < -0.4 is 10.5 Å². The highest BCUT2D eigenvalue weighted by Gasteiger charge is 2.12. The lowest BCUT2D eigenvalue weighted by molar-refractivity contribution is -0.118. The van der Waals surface area contributed by atoms with E-state index in [1.807, 2.05) is 36.4 Å². The molecule has 0 unspecified atom stereocenters. The summed E-state index contributed by atoms with van der Waals surface area (Å²) in [6.45, 7) is 0. The molecule has 1 amide bonds. The van der Waals surface area contributed by atoms with Crippen molar-refractivity contribution >= 4 is 22.5 Å². The summed E-state index contributed by atoms with van der Waals surface area (Å²) in [5.41, 5.74) is 1.32. The van der Waals surface area contributed by atoms with Gasteiger partial charge in [0.15, 0.2) is 0 Å². The number of H-pyrrole nitrogens is 1. The van der Waals surface area contributed by atoms with Gasteiger partial charge in [-0.2, -0.15) is 0 Å². The molecule has 3 rings (SSSR count). The van der Waals surface area contributed by atoms with E-state index < -0.39 is 0 Å². The molecular weight excluding hydrogens is 290 g/mol. The van der Waals surface area contributed by atoms with Gasteiger partial charge in [-0.15, -0.1) is 0 Å². The van der Waals surface area contributed by atoms with Gasteiger partial charge in [-0.3, -0.25) is 9.59 Å². The molecule has 1 heterocycles. The number of aryl methyl sites for hydroxylation is 1. The minimum absolute atomic E-state index is 0.0213. The van der Waals surface area contributed by atoms with Gasteiger partial charge >= 0.3 is 0 Å². The van der Waals surface area contributed by atoms with E-state index in [2.05, 4.69) is 9.97 Å². The Morgan fingerprint density at radius 2 is 1.78 bits per heavy atom. The fourth-order valence-electron chi connectivity index (χ4n) is 2.44. The van der Waals surface area contributed by atoms with E-state index in [0.717, 1.165) is 5.69 Å². The molecule has 5 nitrogen and oxygen atoms in total. The number of hydrogen-bond acceptors (Lipinski definition) is 3. The summed E-state index contributed by atoms with van der Waals surface area (Å²) < 4.78 is 0. The van der Waals surface area contributed by atoms with Crippen molar-refractivity contribution in [3.05, 3.63) is 70.8 Å². The number of benzene rings is 2. The van der Waals surface area contributed by atoms with Gasteiger partial charge in [0.1, 0.15) is 5.82 Å². The largest absolute Gasteiger partial charge is 0.315 e. The Bertz CT molecular complexity index is 887. The Morgan fingerprint density at radius 3 is 2.57 bits per heavy atom. The highest BCUT2D eigenvalue weighted by Crippen LogP contribution is 2.13. The van der Waals surface area contributed by atoms with Crippen LogP contribution in [0.4, 0.5) is 5.69 Å². The Morgan fingerprint density at radius 1 is 1.09 bits per heavy atom. The molecule has 23 heavy (non-hydrogen) atoms. The highest BCUT2D eigenvalue weighted by atomic mass is 16.2. The Labute approximate surface area is 133 Å². The SMILES string of the molecule is CN(C(=O)CCc1nc2ccccc2c(=O)[nH]1)c1ccccc1. The number of anilines is 1. The van der Waals surface area contributed by atoms with Crippen molar-refractivity contribution < 1.29 is 4.79 Å². The van der Waals surface area contributed by atoms with Crippen LogP contribution in [0.1, 0.15) is 12.2 Å². The predicted octanol–water partition coefficient (Wildman–Crippen LogP) is 2.52. The first-order valence-corrected chi connectivity index (χ1v) is 7.45. The molecule has 116 valence electrons. The van der Waals surface area contributed by atoms with Gasteiger partial charge in [0, 0.05) is 25.6 Å². The maximum atomic E-state index is 12.3. The van der Waals surface area contributed by atoms with Gasteiger partial charge in [0.05, 0.1) is 10.9 Å². The third-order valence-corrected chi connectivity index (χ3v) is 3.76. The van der Waals surface area contributed by atoms with E-state index in [1.54, 1.807) is 30.1 Å². The summed E-state index contributed by atoms with van der Waals surface area (Å²) in [6, 6.07) is 16.6. The molecule has 5 heteroatoms. The van der Waals surface area contributed by atoms with E-state index in [4.69, 9.17) is 0 Å².